The zero-order valence-electron chi connectivity index (χ0n) is 15.1. The summed E-state index contributed by atoms with van der Waals surface area (Å²) in [7, 11) is 2.89. The lowest BCUT2D eigenvalue weighted by Crippen LogP contribution is -2.42. The van der Waals surface area contributed by atoms with Gasteiger partial charge < -0.3 is 19.5 Å². The Morgan fingerprint density at radius 2 is 2.04 bits per heavy atom. The summed E-state index contributed by atoms with van der Waals surface area (Å²) in [5.41, 5.74) is -0.663. The van der Waals surface area contributed by atoms with E-state index < -0.39 is 23.7 Å². The van der Waals surface area contributed by atoms with Gasteiger partial charge in [0.1, 0.15) is 17.7 Å². The Labute approximate surface area is 157 Å². The number of fused-ring (bicyclic) bond motifs is 2. The molecule has 144 valence electrons. The van der Waals surface area contributed by atoms with Crippen LogP contribution < -0.4 is 30.8 Å². The summed E-state index contributed by atoms with van der Waals surface area (Å²) >= 11 is 0. The summed E-state index contributed by atoms with van der Waals surface area (Å²) in [5.74, 6) is 0.820. The Morgan fingerprint density at radius 3 is 2.82 bits per heavy atom. The lowest BCUT2D eigenvalue weighted by atomic mass is 10.2. The van der Waals surface area contributed by atoms with Crippen LogP contribution in [0.5, 0.6) is 17.2 Å². The molecule has 0 saturated heterocycles. The summed E-state index contributed by atoms with van der Waals surface area (Å²) in [6.07, 6.45) is 1.44. The third-order valence-electron chi connectivity index (χ3n) is 4.37. The van der Waals surface area contributed by atoms with E-state index in [1.807, 2.05) is 0 Å². The lowest BCUT2D eigenvalue weighted by Gasteiger charge is -2.12. The van der Waals surface area contributed by atoms with Crippen LogP contribution in [0.15, 0.2) is 40.1 Å². The molecule has 1 aromatic carbocycles. The number of nitrogens with zero attached hydrogens (tertiary/aromatic N) is 3. The summed E-state index contributed by atoms with van der Waals surface area (Å²) in [6, 6.07) is 6.43. The van der Waals surface area contributed by atoms with E-state index in [-0.39, 0.29) is 23.6 Å². The first kappa shape index (κ1) is 17.6. The second-order valence-electron chi connectivity index (χ2n) is 6.06. The fraction of sp³-hybridized carbons (Fsp3) is 0.222. The summed E-state index contributed by atoms with van der Waals surface area (Å²) in [6.45, 7) is -0.348. The largest absolute Gasteiger partial charge is 0.496 e. The minimum Gasteiger partial charge on any atom is -0.496 e. The highest BCUT2D eigenvalue weighted by atomic mass is 16.7. The van der Waals surface area contributed by atoms with Gasteiger partial charge in [-0.3, -0.25) is 14.2 Å². The van der Waals surface area contributed by atoms with Crippen molar-refractivity contribution in [1.82, 2.24) is 14.1 Å². The second kappa shape index (κ2) is 6.72. The number of anilines is 1. The van der Waals surface area contributed by atoms with E-state index in [2.05, 4.69) is 10.3 Å². The van der Waals surface area contributed by atoms with Crippen LogP contribution in [0.25, 0.3) is 11.0 Å². The Morgan fingerprint density at radius 1 is 1.25 bits per heavy atom. The second-order valence-corrected chi connectivity index (χ2v) is 6.06. The number of pyridine rings is 1. The normalized spacial score (nSPS) is 12.2. The maximum absolute atomic E-state index is 12.8. The van der Waals surface area contributed by atoms with Crippen LogP contribution in [0.2, 0.25) is 0 Å². The van der Waals surface area contributed by atoms with Gasteiger partial charge in [0.05, 0.1) is 7.11 Å². The van der Waals surface area contributed by atoms with Gasteiger partial charge in [0, 0.05) is 25.0 Å². The van der Waals surface area contributed by atoms with Gasteiger partial charge in [-0.05, 0) is 18.2 Å². The van der Waals surface area contributed by atoms with E-state index in [0.29, 0.717) is 17.2 Å². The highest BCUT2D eigenvalue weighted by Crippen LogP contribution is 2.34. The van der Waals surface area contributed by atoms with Gasteiger partial charge in [0.25, 0.3) is 5.56 Å². The molecule has 4 rings (SSSR count). The zero-order chi connectivity index (χ0) is 19.8. The predicted molar refractivity (Wildman–Crippen MR) is 99.0 cm³/mol. The molecule has 0 bridgehead atoms. The molecule has 1 aliphatic heterocycles. The number of carbonyl (C=O) groups is 1. The Kier molecular flexibility index (Phi) is 4.22. The molecular formula is C18H16N4O6. The van der Waals surface area contributed by atoms with Crippen LogP contribution in [0.1, 0.15) is 0 Å². The van der Waals surface area contributed by atoms with E-state index >= 15 is 0 Å². The number of methoxy groups -OCH3 is 1. The molecule has 1 aliphatic rings. The quantitative estimate of drug-likeness (QED) is 0.696. The maximum atomic E-state index is 12.8. The van der Waals surface area contributed by atoms with Crippen LogP contribution >= 0.6 is 0 Å². The molecule has 0 atom stereocenters. The number of aromatic nitrogens is 3. The third-order valence-corrected chi connectivity index (χ3v) is 4.37. The molecule has 0 aliphatic carbocycles. The molecule has 0 fully saturated rings. The predicted octanol–water partition coefficient (Wildman–Crippen LogP) is 0.471. The topological polar surface area (TPSA) is 114 Å². The van der Waals surface area contributed by atoms with Crippen molar-refractivity contribution in [3.8, 4) is 17.2 Å². The van der Waals surface area contributed by atoms with Crippen molar-refractivity contribution in [2.75, 3.05) is 19.2 Å². The van der Waals surface area contributed by atoms with Gasteiger partial charge in [-0.1, -0.05) is 0 Å². The first-order valence-electron chi connectivity index (χ1n) is 8.31. The molecule has 0 radical (unpaired) electrons. The molecule has 0 saturated carbocycles. The molecule has 0 unspecified atom stereocenters. The number of amides is 1. The summed E-state index contributed by atoms with van der Waals surface area (Å²) < 4.78 is 17.7. The molecular weight excluding hydrogens is 368 g/mol. The molecule has 3 aromatic rings. The van der Waals surface area contributed by atoms with Crippen molar-refractivity contribution in [3.63, 3.8) is 0 Å². The third kappa shape index (κ3) is 2.84. The number of hydrogen-bond donors (Lipinski definition) is 1. The molecule has 0 spiro atoms. The fourth-order valence-electron chi connectivity index (χ4n) is 3.01. The van der Waals surface area contributed by atoms with Crippen LogP contribution in [0.3, 0.4) is 0 Å². The number of benzene rings is 1. The molecule has 3 heterocycles. The first-order valence-corrected chi connectivity index (χ1v) is 8.31. The van der Waals surface area contributed by atoms with Gasteiger partial charge >= 0.3 is 5.69 Å². The summed E-state index contributed by atoms with van der Waals surface area (Å²) in [5, 5.41) is 2.77. The Bertz CT molecular complexity index is 1210. The number of rotatable bonds is 4. The SMILES string of the molecule is COc1ccnc2c1c(=O)n(CC(=O)Nc1ccc3c(c1)OCO3)c(=O)n2C. The van der Waals surface area contributed by atoms with Crippen molar-refractivity contribution >= 4 is 22.6 Å². The molecule has 2 aromatic heterocycles. The minimum atomic E-state index is -0.654. The van der Waals surface area contributed by atoms with Crippen molar-refractivity contribution < 1.29 is 19.0 Å². The number of aryl methyl sites for hydroxylation is 1. The zero-order valence-corrected chi connectivity index (χ0v) is 15.1. The highest BCUT2D eigenvalue weighted by Gasteiger charge is 2.19. The van der Waals surface area contributed by atoms with Crippen LogP contribution in [0.4, 0.5) is 5.69 Å². The van der Waals surface area contributed by atoms with Crippen LogP contribution in [0, 0.1) is 0 Å². The van der Waals surface area contributed by atoms with Crippen LogP contribution in [-0.4, -0.2) is 33.9 Å². The van der Waals surface area contributed by atoms with E-state index in [4.69, 9.17) is 14.2 Å². The summed E-state index contributed by atoms with van der Waals surface area (Å²) in [4.78, 5) is 41.9. The van der Waals surface area contributed by atoms with Crippen molar-refractivity contribution in [3.05, 3.63) is 51.3 Å². The lowest BCUT2D eigenvalue weighted by molar-refractivity contribution is -0.116. The molecule has 1 N–H and O–H groups in total. The molecule has 10 heteroatoms. The van der Waals surface area contributed by atoms with E-state index in [1.165, 1.54) is 31.0 Å². The highest BCUT2D eigenvalue weighted by molar-refractivity contribution is 5.91. The molecule has 1 amide bonds. The van der Waals surface area contributed by atoms with Crippen LogP contribution in [-0.2, 0) is 18.4 Å². The Hall–Kier alpha value is -3.82. The number of hydrogen-bond acceptors (Lipinski definition) is 7. The van der Waals surface area contributed by atoms with Crippen molar-refractivity contribution in [2.24, 2.45) is 7.05 Å². The van der Waals surface area contributed by atoms with Gasteiger partial charge in [0.15, 0.2) is 17.1 Å². The van der Waals surface area contributed by atoms with Gasteiger partial charge in [-0.2, -0.15) is 0 Å². The van der Waals surface area contributed by atoms with E-state index in [1.54, 1.807) is 18.2 Å². The van der Waals surface area contributed by atoms with Gasteiger partial charge in [-0.25, -0.2) is 14.3 Å². The Balaban J connectivity index is 1.68. The van der Waals surface area contributed by atoms with E-state index in [0.717, 1.165) is 4.57 Å². The monoisotopic (exact) mass is 384 g/mol. The standard InChI is InChI=1S/C18H16N4O6/c1-21-16-15(12(26-2)5-6-19-16)17(24)22(18(21)25)8-14(23)20-10-3-4-11-13(7-10)28-9-27-11/h3-7H,8-9H2,1-2H3,(H,20,23). The first-order chi connectivity index (χ1) is 13.5. The van der Waals surface area contributed by atoms with Crippen molar-refractivity contribution in [1.29, 1.82) is 0 Å². The minimum absolute atomic E-state index is 0.116. The molecule has 10 nitrogen and oxygen atoms in total. The smallest absolute Gasteiger partial charge is 0.332 e. The fourth-order valence-corrected chi connectivity index (χ4v) is 3.01. The number of ether oxygens (including phenoxy) is 3. The van der Waals surface area contributed by atoms with E-state index in [9.17, 15) is 14.4 Å². The molecule has 28 heavy (non-hydrogen) atoms. The number of carbonyl (C=O) groups excluding carboxylic acids is 1. The average molecular weight is 384 g/mol. The number of nitrogens with one attached hydrogen (secondary N) is 1. The average Bonchev–Trinajstić information content (AvgIpc) is 3.16. The van der Waals surface area contributed by atoms with Gasteiger partial charge in [-0.15, -0.1) is 0 Å². The van der Waals surface area contributed by atoms with Crippen molar-refractivity contribution in [2.45, 2.75) is 6.54 Å². The van der Waals surface area contributed by atoms with Gasteiger partial charge in [0.2, 0.25) is 12.7 Å². The maximum Gasteiger partial charge on any atom is 0.332 e.